The van der Waals surface area contributed by atoms with Crippen molar-refractivity contribution in [2.45, 2.75) is 57.4 Å². The van der Waals surface area contributed by atoms with Crippen molar-refractivity contribution in [2.24, 2.45) is 5.92 Å². The highest BCUT2D eigenvalue weighted by Crippen LogP contribution is 2.27. The summed E-state index contributed by atoms with van der Waals surface area (Å²) >= 11 is 6.30. The summed E-state index contributed by atoms with van der Waals surface area (Å²) in [5, 5.41) is 3.83. The van der Waals surface area contributed by atoms with Gasteiger partial charge in [-0.25, -0.2) is 0 Å². The van der Waals surface area contributed by atoms with E-state index in [-0.39, 0.29) is 5.60 Å². The summed E-state index contributed by atoms with van der Waals surface area (Å²) in [6.07, 6.45) is 5.11. The molecule has 0 radical (unpaired) electrons. The van der Waals surface area contributed by atoms with Crippen LogP contribution in [0, 0.1) is 5.92 Å². The Balaban J connectivity index is 2.02. The highest BCUT2D eigenvalue weighted by Gasteiger charge is 2.22. The largest absolute Gasteiger partial charge is 0.375 e. The fourth-order valence-corrected chi connectivity index (χ4v) is 2.48. The fourth-order valence-electron chi connectivity index (χ4n) is 2.11. The van der Waals surface area contributed by atoms with Gasteiger partial charge in [0, 0.05) is 11.9 Å². The van der Waals surface area contributed by atoms with E-state index < -0.39 is 0 Å². The molecule has 1 N–H and O–H groups in total. The first-order chi connectivity index (χ1) is 7.49. The zero-order valence-electron chi connectivity index (χ0n) is 10.9. The van der Waals surface area contributed by atoms with Gasteiger partial charge in [-0.2, -0.15) is 0 Å². The second-order valence-electron chi connectivity index (χ2n) is 5.73. The summed E-state index contributed by atoms with van der Waals surface area (Å²) in [5.41, 5.74) is -0.0263. The molecular weight excluding hydrogens is 222 g/mol. The van der Waals surface area contributed by atoms with Gasteiger partial charge in [-0.15, -0.1) is 11.6 Å². The van der Waals surface area contributed by atoms with Crippen LogP contribution in [0.5, 0.6) is 0 Å². The second-order valence-corrected chi connectivity index (χ2v) is 6.29. The van der Waals surface area contributed by atoms with Crippen molar-refractivity contribution < 1.29 is 4.74 Å². The maximum Gasteiger partial charge on any atom is 0.0599 e. The molecule has 0 saturated heterocycles. The van der Waals surface area contributed by atoms with Crippen LogP contribution in [0.15, 0.2) is 0 Å². The first-order valence-electron chi connectivity index (χ1n) is 6.48. The standard InChI is InChI=1S/C13H26ClNO/c1-13(2,3)16-9-8-15-10-11-6-4-5-7-12(11)14/h11-12,15H,4-10H2,1-3H3. The molecule has 3 heteroatoms. The van der Waals surface area contributed by atoms with Crippen molar-refractivity contribution in [1.82, 2.24) is 5.32 Å². The lowest BCUT2D eigenvalue weighted by atomic mass is 9.89. The third-order valence-corrected chi connectivity index (χ3v) is 3.61. The number of rotatable bonds is 5. The summed E-state index contributed by atoms with van der Waals surface area (Å²) in [6, 6.07) is 0. The number of halogens is 1. The molecule has 1 aliphatic carbocycles. The number of nitrogens with one attached hydrogen (secondary N) is 1. The molecule has 96 valence electrons. The lowest BCUT2D eigenvalue weighted by Gasteiger charge is -2.27. The smallest absolute Gasteiger partial charge is 0.0599 e. The number of hydrogen-bond donors (Lipinski definition) is 1. The van der Waals surface area contributed by atoms with Gasteiger partial charge < -0.3 is 10.1 Å². The van der Waals surface area contributed by atoms with E-state index in [1.165, 1.54) is 25.7 Å². The van der Waals surface area contributed by atoms with Crippen LogP contribution >= 0.6 is 11.6 Å². The number of hydrogen-bond acceptors (Lipinski definition) is 2. The molecule has 1 aliphatic rings. The van der Waals surface area contributed by atoms with Gasteiger partial charge in [-0.3, -0.25) is 0 Å². The van der Waals surface area contributed by atoms with Crippen molar-refractivity contribution in [3.63, 3.8) is 0 Å². The van der Waals surface area contributed by atoms with E-state index in [9.17, 15) is 0 Å². The zero-order chi connectivity index (χ0) is 12.0. The second kappa shape index (κ2) is 6.83. The van der Waals surface area contributed by atoms with Crippen molar-refractivity contribution in [2.75, 3.05) is 19.7 Å². The van der Waals surface area contributed by atoms with Crippen LogP contribution in [0.1, 0.15) is 46.5 Å². The van der Waals surface area contributed by atoms with Gasteiger partial charge in [-0.1, -0.05) is 12.8 Å². The van der Waals surface area contributed by atoms with Crippen LogP contribution in [0.2, 0.25) is 0 Å². The van der Waals surface area contributed by atoms with Crippen molar-refractivity contribution >= 4 is 11.6 Å². The molecule has 1 rings (SSSR count). The summed E-state index contributed by atoms with van der Waals surface area (Å²) in [5.74, 6) is 0.657. The van der Waals surface area contributed by atoms with Crippen molar-refractivity contribution in [3.05, 3.63) is 0 Å². The van der Waals surface area contributed by atoms with Crippen LogP contribution in [-0.2, 0) is 4.74 Å². The maximum absolute atomic E-state index is 6.30. The molecule has 1 saturated carbocycles. The van der Waals surface area contributed by atoms with Gasteiger partial charge in [-0.05, 0) is 46.1 Å². The minimum atomic E-state index is -0.0263. The quantitative estimate of drug-likeness (QED) is 0.595. The average molecular weight is 248 g/mol. The molecule has 0 spiro atoms. The molecule has 2 nitrogen and oxygen atoms in total. The van der Waals surface area contributed by atoms with Gasteiger partial charge >= 0.3 is 0 Å². The predicted octanol–water partition coefficient (Wildman–Crippen LogP) is 3.19. The number of alkyl halides is 1. The Morgan fingerprint density at radius 2 is 1.94 bits per heavy atom. The third kappa shape index (κ3) is 6.07. The third-order valence-electron chi connectivity index (χ3n) is 3.04. The zero-order valence-corrected chi connectivity index (χ0v) is 11.6. The molecule has 0 amide bonds. The lowest BCUT2D eigenvalue weighted by molar-refractivity contribution is -0.00109. The fraction of sp³-hybridized carbons (Fsp3) is 1.00. The van der Waals surface area contributed by atoms with Crippen LogP contribution in [-0.4, -0.2) is 30.7 Å². The first kappa shape index (κ1) is 14.3. The summed E-state index contributed by atoms with van der Waals surface area (Å²) in [4.78, 5) is 0. The highest BCUT2D eigenvalue weighted by atomic mass is 35.5. The molecule has 0 bridgehead atoms. The highest BCUT2D eigenvalue weighted by molar-refractivity contribution is 6.20. The van der Waals surface area contributed by atoms with E-state index in [0.717, 1.165) is 19.7 Å². The Morgan fingerprint density at radius 3 is 2.56 bits per heavy atom. The molecular formula is C13H26ClNO. The average Bonchev–Trinajstić information content (AvgIpc) is 2.18. The molecule has 2 atom stereocenters. The maximum atomic E-state index is 6.30. The summed E-state index contributed by atoms with van der Waals surface area (Å²) < 4.78 is 5.65. The van der Waals surface area contributed by atoms with E-state index in [1.54, 1.807) is 0 Å². The normalized spacial score (nSPS) is 27.0. The topological polar surface area (TPSA) is 21.3 Å². The minimum Gasteiger partial charge on any atom is -0.375 e. The monoisotopic (exact) mass is 247 g/mol. The molecule has 0 aromatic heterocycles. The van der Waals surface area contributed by atoms with E-state index in [4.69, 9.17) is 16.3 Å². The van der Waals surface area contributed by atoms with E-state index in [0.29, 0.717) is 11.3 Å². The molecule has 0 aromatic rings. The van der Waals surface area contributed by atoms with Crippen molar-refractivity contribution in [3.8, 4) is 0 Å². The van der Waals surface area contributed by atoms with Gasteiger partial charge in [0.25, 0.3) is 0 Å². The Hall–Kier alpha value is 0.210. The molecule has 0 aromatic carbocycles. The van der Waals surface area contributed by atoms with Crippen LogP contribution in [0.25, 0.3) is 0 Å². The molecule has 0 aliphatic heterocycles. The molecule has 0 heterocycles. The van der Waals surface area contributed by atoms with E-state index >= 15 is 0 Å². The van der Waals surface area contributed by atoms with Crippen molar-refractivity contribution in [1.29, 1.82) is 0 Å². The Bertz CT molecular complexity index is 191. The van der Waals surface area contributed by atoms with Gasteiger partial charge in [0.05, 0.1) is 12.2 Å². The molecule has 2 unspecified atom stereocenters. The molecule has 16 heavy (non-hydrogen) atoms. The van der Waals surface area contributed by atoms with Gasteiger partial charge in [0.2, 0.25) is 0 Å². The molecule has 1 fully saturated rings. The van der Waals surface area contributed by atoms with Crippen LogP contribution in [0.4, 0.5) is 0 Å². The SMILES string of the molecule is CC(C)(C)OCCNCC1CCCCC1Cl. The summed E-state index contributed by atoms with van der Waals surface area (Å²) in [6.45, 7) is 9.01. The Labute approximate surface area is 105 Å². The minimum absolute atomic E-state index is 0.0263. The Kier molecular flexibility index (Phi) is 6.09. The first-order valence-corrected chi connectivity index (χ1v) is 6.91. The van der Waals surface area contributed by atoms with Gasteiger partial charge in [0.1, 0.15) is 0 Å². The van der Waals surface area contributed by atoms with E-state index in [2.05, 4.69) is 26.1 Å². The van der Waals surface area contributed by atoms with E-state index in [1.807, 2.05) is 0 Å². The van der Waals surface area contributed by atoms with Crippen LogP contribution in [0.3, 0.4) is 0 Å². The van der Waals surface area contributed by atoms with Gasteiger partial charge in [0.15, 0.2) is 0 Å². The Morgan fingerprint density at radius 1 is 1.25 bits per heavy atom. The van der Waals surface area contributed by atoms with Crippen LogP contribution < -0.4 is 5.32 Å². The summed E-state index contributed by atoms with van der Waals surface area (Å²) in [7, 11) is 0. The predicted molar refractivity (Wildman–Crippen MR) is 70.2 cm³/mol. The lowest BCUT2D eigenvalue weighted by Crippen LogP contribution is -2.34. The number of ether oxygens (including phenoxy) is 1.